The molecule has 0 aliphatic rings. The van der Waals surface area contributed by atoms with E-state index >= 15 is 0 Å². The fourth-order valence-electron chi connectivity index (χ4n) is 2.83. The summed E-state index contributed by atoms with van der Waals surface area (Å²) in [5.74, 6) is -0.434. The summed E-state index contributed by atoms with van der Waals surface area (Å²) in [6, 6.07) is 13.6. The number of aryl methyl sites for hydroxylation is 2. The van der Waals surface area contributed by atoms with Crippen molar-refractivity contribution >= 4 is 17.5 Å². The van der Waals surface area contributed by atoms with Crippen LogP contribution in [0.4, 0.5) is 0 Å². The Kier molecular flexibility index (Phi) is 4.40. The highest BCUT2D eigenvalue weighted by molar-refractivity contribution is 6.33. The Labute approximate surface area is 145 Å². The summed E-state index contributed by atoms with van der Waals surface area (Å²) in [4.78, 5) is 11.8. The molecule has 5 heteroatoms. The van der Waals surface area contributed by atoms with Gasteiger partial charge in [-0.2, -0.15) is 5.10 Å². The molecule has 0 radical (unpaired) electrons. The number of rotatable bonds is 4. The van der Waals surface area contributed by atoms with Crippen LogP contribution in [0.1, 0.15) is 22.8 Å². The molecule has 2 aromatic carbocycles. The highest BCUT2D eigenvalue weighted by Gasteiger charge is 2.14. The van der Waals surface area contributed by atoms with Gasteiger partial charge >= 0.3 is 0 Å². The summed E-state index contributed by atoms with van der Waals surface area (Å²) >= 11 is 6.25. The lowest BCUT2D eigenvalue weighted by molar-refractivity contribution is 0.100. The van der Waals surface area contributed by atoms with Crippen molar-refractivity contribution in [3.63, 3.8) is 0 Å². The maximum Gasteiger partial charge on any atom is 0.249 e. The highest BCUT2D eigenvalue weighted by atomic mass is 35.5. The van der Waals surface area contributed by atoms with Gasteiger partial charge in [0.2, 0.25) is 5.91 Å². The molecule has 0 aliphatic heterocycles. The van der Waals surface area contributed by atoms with Crippen LogP contribution >= 0.6 is 11.6 Å². The SMILES string of the molecule is CCc1ccc(C(N)=O)c(-c2cccc(-c3c(Cl)cnn3C)c2)c1. The fourth-order valence-corrected chi connectivity index (χ4v) is 3.11. The summed E-state index contributed by atoms with van der Waals surface area (Å²) in [7, 11) is 1.85. The number of benzene rings is 2. The van der Waals surface area contributed by atoms with Gasteiger partial charge in [-0.25, -0.2) is 0 Å². The Bertz CT molecular complexity index is 895. The average Bonchev–Trinajstić information content (AvgIpc) is 2.93. The first-order valence-corrected chi connectivity index (χ1v) is 8.10. The molecule has 0 saturated heterocycles. The lowest BCUT2D eigenvalue weighted by Crippen LogP contribution is -2.12. The third kappa shape index (κ3) is 2.93. The molecule has 0 saturated carbocycles. The zero-order valence-electron chi connectivity index (χ0n) is 13.6. The van der Waals surface area contributed by atoms with E-state index in [-0.39, 0.29) is 0 Å². The molecule has 0 atom stereocenters. The summed E-state index contributed by atoms with van der Waals surface area (Å²) in [5.41, 5.74) is 10.8. The van der Waals surface area contributed by atoms with Crippen molar-refractivity contribution in [1.29, 1.82) is 0 Å². The monoisotopic (exact) mass is 339 g/mol. The number of nitrogens with two attached hydrogens (primary N) is 1. The largest absolute Gasteiger partial charge is 0.366 e. The van der Waals surface area contributed by atoms with E-state index in [4.69, 9.17) is 17.3 Å². The fraction of sp³-hybridized carbons (Fsp3) is 0.158. The summed E-state index contributed by atoms with van der Waals surface area (Å²) in [6.45, 7) is 2.08. The van der Waals surface area contributed by atoms with Crippen LogP contribution in [0.25, 0.3) is 22.4 Å². The Hall–Kier alpha value is -2.59. The molecule has 3 rings (SSSR count). The van der Waals surface area contributed by atoms with Gasteiger partial charge in [-0.3, -0.25) is 9.48 Å². The van der Waals surface area contributed by atoms with Crippen molar-refractivity contribution in [2.75, 3.05) is 0 Å². The number of amides is 1. The Morgan fingerprint density at radius 3 is 2.58 bits per heavy atom. The summed E-state index contributed by atoms with van der Waals surface area (Å²) < 4.78 is 1.74. The summed E-state index contributed by atoms with van der Waals surface area (Å²) in [6.07, 6.45) is 2.51. The molecular formula is C19H18ClN3O. The third-order valence-electron chi connectivity index (χ3n) is 4.10. The van der Waals surface area contributed by atoms with Crippen LogP contribution < -0.4 is 5.73 Å². The van der Waals surface area contributed by atoms with Crippen LogP contribution in [0.15, 0.2) is 48.7 Å². The van der Waals surface area contributed by atoms with Gasteiger partial charge < -0.3 is 5.73 Å². The van der Waals surface area contributed by atoms with Crippen molar-refractivity contribution in [1.82, 2.24) is 9.78 Å². The number of hydrogen-bond donors (Lipinski definition) is 1. The minimum absolute atomic E-state index is 0.434. The van der Waals surface area contributed by atoms with E-state index in [1.807, 2.05) is 43.4 Å². The topological polar surface area (TPSA) is 60.9 Å². The molecule has 1 aromatic heterocycles. The molecule has 0 aliphatic carbocycles. The van der Waals surface area contributed by atoms with Gasteiger partial charge in [0, 0.05) is 18.2 Å². The van der Waals surface area contributed by atoms with Gasteiger partial charge in [-0.15, -0.1) is 0 Å². The van der Waals surface area contributed by atoms with Crippen molar-refractivity contribution in [2.45, 2.75) is 13.3 Å². The van der Waals surface area contributed by atoms with Gasteiger partial charge in [0.1, 0.15) is 0 Å². The van der Waals surface area contributed by atoms with Crippen molar-refractivity contribution in [3.05, 3.63) is 64.8 Å². The van der Waals surface area contributed by atoms with Gasteiger partial charge in [0.15, 0.2) is 0 Å². The quantitative estimate of drug-likeness (QED) is 0.778. The average molecular weight is 340 g/mol. The maximum atomic E-state index is 11.8. The van der Waals surface area contributed by atoms with Crippen LogP contribution in [0.5, 0.6) is 0 Å². The molecular weight excluding hydrogens is 322 g/mol. The van der Waals surface area contributed by atoms with Crippen LogP contribution in [-0.4, -0.2) is 15.7 Å². The Morgan fingerprint density at radius 1 is 1.21 bits per heavy atom. The van der Waals surface area contributed by atoms with E-state index in [0.717, 1.165) is 34.4 Å². The number of halogens is 1. The molecule has 4 nitrogen and oxygen atoms in total. The van der Waals surface area contributed by atoms with E-state index in [0.29, 0.717) is 10.6 Å². The number of aromatic nitrogens is 2. The van der Waals surface area contributed by atoms with E-state index in [1.165, 1.54) is 0 Å². The number of carbonyl (C=O) groups excluding carboxylic acids is 1. The van der Waals surface area contributed by atoms with Crippen molar-refractivity contribution in [2.24, 2.45) is 12.8 Å². The van der Waals surface area contributed by atoms with E-state index in [9.17, 15) is 4.79 Å². The molecule has 2 N–H and O–H groups in total. The second-order valence-corrected chi connectivity index (χ2v) is 6.05. The molecule has 0 fully saturated rings. The van der Waals surface area contributed by atoms with Gasteiger partial charge in [0.05, 0.1) is 16.9 Å². The maximum absolute atomic E-state index is 11.8. The van der Waals surface area contributed by atoms with Crippen molar-refractivity contribution in [3.8, 4) is 22.4 Å². The molecule has 0 spiro atoms. The number of nitrogens with zero attached hydrogens (tertiary/aromatic N) is 2. The number of primary amides is 1. The predicted molar refractivity (Wildman–Crippen MR) is 97.0 cm³/mol. The molecule has 0 bridgehead atoms. The molecule has 1 heterocycles. The normalized spacial score (nSPS) is 10.8. The highest BCUT2D eigenvalue weighted by Crippen LogP contribution is 2.32. The first-order chi connectivity index (χ1) is 11.5. The van der Waals surface area contributed by atoms with E-state index < -0.39 is 5.91 Å². The molecule has 24 heavy (non-hydrogen) atoms. The lowest BCUT2D eigenvalue weighted by atomic mass is 9.94. The molecule has 1 amide bonds. The van der Waals surface area contributed by atoms with Crippen LogP contribution in [0.3, 0.4) is 0 Å². The smallest absolute Gasteiger partial charge is 0.249 e. The Balaban J connectivity index is 2.18. The predicted octanol–water partition coefficient (Wildman–Crippen LogP) is 4.07. The second-order valence-electron chi connectivity index (χ2n) is 5.64. The van der Waals surface area contributed by atoms with E-state index in [2.05, 4.69) is 12.0 Å². The standard InChI is InChI=1S/C19H18ClN3O/c1-3-12-7-8-15(19(21)24)16(9-12)13-5-4-6-14(10-13)18-17(20)11-22-23(18)2/h4-11H,3H2,1-2H3,(H2,21,24). The minimum atomic E-state index is -0.434. The zero-order chi connectivity index (χ0) is 17.3. The first-order valence-electron chi connectivity index (χ1n) is 7.72. The zero-order valence-corrected chi connectivity index (χ0v) is 14.3. The Morgan fingerprint density at radius 2 is 1.96 bits per heavy atom. The molecule has 0 unspecified atom stereocenters. The van der Waals surface area contributed by atoms with Crippen molar-refractivity contribution < 1.29 is 4.79 Å². The van der Waals surface area contributed by atoms with Gasteiger partial charge in [0.25, 0.3) is 0 Å². The third-order valence-corrected chi connectivity index (χ3v) is 4.38. The van der Waals surface area contributed by atoms with Crippen LogP contribution in [0.2, 0.25) is 5.02 Å². The van der Waals surface area contributed by atoms with Crippen LogP contribution in [-0.2, 0) is 13.5 Å². The minimum Gasteiger partial charge on any atom is -0.366 e. The number of carbonyl (C=O) groups is 1. The second kappa shape index (κ2) is 6.49. The lowest BCUT2D eigenvalue weighted by Gasteiger charge is -2.11. The molecule has 122 valence electrons. The first kappa shape index (κ1) is 16.3. The number of hydrogen-bond acceptors (Lipinski definition) is 2. The molecule has 3 aromatic rings. The summed E-state index contributed by atoms with van der Waals surface area (Å²) in [5, 5.41) is 4.77. The van der Waals surface area contributed by atoms with Gasteiger partial charge in [-0.1, -0.05) is 48.9 Å². The van der Waals surface area contributed by atoms with E-state index in [1.54, 1.807) is 16.9 Å². The van der Waals surface area contributed by atoms with Crippen LogP contribution in [0, 0.1) is 0 Å². The van der Waals surface area contributed by atoms with Gasteiger partial charge in [-0.05, 0) is 35.2 Å².